The zero-order valence-corrected chi connectivity index (χ0v) is 15.1. The van der Waals surface area contributed by atoms with Crippen molar-refractivity contribution in [3.63, 3.8) is 0 Å². The van der Waals surface area contributed by atoms with Gasteiger partial charge in [-0.25, -0.2) is 0 Å². The van der Waals surface area contributed by atoms with Crippen molar-refractivity contribution in [1.82, 2.24) is 9.78 Å². The maximum absolute atomic E-state index is 12.6. The molecule has 0 atom stereocenters. The van der Waals surface area contributed by atoms with Gasteiger partial charge in [-0.15, -0.1) is 0 Å². The molecule has 0 unspecified atom stereocenters. The van der Waals surface area contributed by atoms with E-state index < -0.39 is 0 Å². The number of aryl methyl sites for hydroxylation is 3. The van der Waals surface area contributed by atoms with Gasteiger partial charge in [0.1, 0.15) is 0 Å². The number of rotatable bonds is 4. The average Bonchev–Trinajstić information content (AvgIpc) is 2.85. The summed E-state index contributed by atoms with van der Waals surface area (Å²) >= 11 is 0. The number of anilines is 1. The van der Waals surface area contributed by atoms with Gasteiger partial charge in [0.2, 0.25) is 0 Å². The minimum Gasteiger partial charge on any atom is -0.319 e. The van der Waals surface area contributed by atoms with Crippen molar-refractivity contribution in [2.75, 3.05) is 5.32 Å². The zero-order valence-electron chi connectivity index (χ0n) is 15.1. The van der Waals surface area contributed by atoms with Gasteiger partial charge in [0.25, 0.3) is 5.91 Å². The molecule has 128 valence electrons. The fourth-order valence-electron chi connectivity index (χ4n) is 2.91. The molecular formula is C21H23N3O. The third-order valence-corrected chi connectivity index (χ3v) is 4.46. The summed E-state index contributed by atoms with van der Waals surface area (Å²) in [5.74, 6) is -0.0980. The molecule has 1 amide bonds. The summed E-state index contributed by atoms with van der Waals surface area (Å²) in [6.07, 6.45) is 0. The maximum atomic E-state index is 12.6. The Morgan fingerprint density at radius 3 is 2.36 bits per heavy atom. The normalized spacial score (nSPS) is 10.7. The number of hydrogen-bond donors (Lipinski definition) is 1. The standard InChI is InChI=1S/C21H23N3O/c1-14-9-11-18(12-10-14)13-24-17(4)20(16(3)23-24)22-21(25)19-8-6-5-7-15(19)2/h5-12H,13H2,1-4H3,(H,22,25). The van der Waals surface area contributed by atoms with Crippen molar-refractivity contribution in [3.8, 4) is 0 Å². The molecule has 25 heavy (non-hydrogen) atoms. The van der Waals surface area contributed by atoms with Gasteiger partial charge in [-0.3, -0.25) is 9.48 Å². The lowest BCUT2D eigenvalue weighted by Gasteiger charge is -2.09. The lowest BCUT2D eigenvalue weighted by atomic mass is 10.1. The highest BCUT2D eigenvalue weighted by Gasteiger charge is 2.16. The molecule has 1 N–H and O–H groups in total. The highest BCUT2D eigenvalue weighted by atomic mass is 16.1. The van der Waals surface area contributed by atoms with Gasteiger partial charge in [0.15, 0.2) is 0 Å². The van der Waals surface area contributed by atoms with E-state index in [1.54, 1.807) is 0 Å². The number of carbonyl (C=O) groups is 1. The first-order valence-corrected chi connectivity index (χ1v) is 8.42. The molecule has 4 heteroatoms. The number of carbonyl (C=O) groups excluding carboxylic acids is 1. The van der Waals surface area contributed by atoms with Crippen molar-refractivity contribution in [2.45, 2.75) is 34.2 Å². The van der Waals surface area contributed by atoms with Gasteiger partial charge < -0.3 is 5.32 Å². The maximum Gasteiger partial charge on any atom is 0.256 e. The third-order valence-electron chi connectivity index (χ3n) is 4.46. The van der Waals surface area contributed by atoms with Crippen LogP contribution in [-0.4, -0.2) is 15.7 Å². The number of benzene rings is 2. The summed E-state index contributed by atoms with van der Waals surface area (Å²) < 4.78 is 1.94. The summed E-state index contributed by atoms with van der Waals surface area (Å²) in [7, 11) is 0. The minimum atomic E-state index is -0.0980. The Kier molecular flexibility index (Phi) is 4.70. The fourth-order valence-corrected chi connectivity index (χ4v) is 2.91. The van der Waals surface area contributed by atoms with Gasteiger partial charge in [-0.1, -0.05) is 48.0 Å². The van der Waals surface area contributed by atoms with Crippen LogP contribution in [0.15, 0.2) is 48.5 Å². The molecule has 2 aromatic carbocycles. The van der Waals surface area contributed by atoms with Crippen molar-refractivity contribution >= 4 is 11.6 Å². The van der Waals surface area contributed by atoms with Crippen LogP contribution in [0.2, 0.25) is 0 Å². The van der Waals surface area contributed by atoms with Crippen LogP contribution in [0, 0.1) is 27.7 Å². The van der Waals surface area contributed by atoms with Crippen molar-refractivity contribution in [3.05, 3.63) is 82.2 Å². The highest BCUT2D eigenvalue weighted by Crippen LogP contribution is 2.22. The van der Waals surface area contributed by atoms with Crippen LogP contribution in [0.25, 0.3) is 0 Å². The molecule has 0 saturated carbocycles. The summed E-state index contributed by atoms with van der Waals surface area (Å²) in [6.45, 7) is 8.61. The lowest BCUT2D eigenvalue weighted by molar-refractivity contribution is 0.102. The SMILES string of the molecule is Cc1ccc(Cn2nc(C)c(NC(=O)c3ccccc3C)c2C)cc1. The van der Waals surface area contributed by atoms with Crippen molar-refractivity contribution in [1.29, 1.82) is 0 Å². The van der Waals surface area contributed by atoms with Gasteiger partial charge in [0.05, 0.1) is 23.6 Å². The molecule has 0 bridgehead atoms. The van der Waals surface area contributed by atoms with E-state index in [1.165, 1.54) is 11.1 Å². The first kappa shape index (κ1) is 17.0. The van der Waals surface area contributed by atoms with E-state index in [1.807, 2.05) is 49.7 Å². The van der Waals surface area contributed by atoms with E-state index >= 15 is 0 Å². The smallest absolute Gasteiger partial charge is 0.256 e. The highest BCUT2D eigenvalue weighted by molar-refractivity contribution is 6.05. The molecule has 3 aromatic rings. The van der Waals surface area contributed by atoms with E-state index in [0.29, 0.717) is 12.1 Å². The molecular weight excluding hydrogens is 310 g/mol. The van der Waals surface area contributed by atoms with Gasteiger partial charge in [-0.05, 0) is 44.9 Å². The van der Waals surface area contributed by atoms with E-state index in [9.17, 15) is 4.79 Å². The van der Waals surface area contributed by atoms with Crippen LogP contribution < -0.4 is 5.32 Å². The molecule has 3 rings (SSSR count). The van der Waals surface area contributed by atoms with Crippen molar-refractivity contribution < 1.29 is 4.79 Å². The molecule has 1 aromatic heterocycles. The van der Waals surface area contributed by atoms with E-state index in [4.69, 9.17) is 0 Å². The number of amides is 1. The van der Waals surface area contributed by atoms with Gasteiger partial charge >= 0.3 is 0 Å². The molecule has 0 fully saturated rings. The van der Waals surface area contributed by atoms with Gasteiger partial charge in [-0.2, -0.15) is 5.10 Å². The largest absolute Gasteiger partial charge is 0.319 e. The summed E-state index contributed by atoms with van der Waals surface area (Å²) in [5.41, 5.74) is 6.65. The van der Waals surface area contributed by atoms with E-state index in [2.05, 4.69) is 41.6 Å². The van der Waals surface area contributed by atoms with Gasteiger partial charge in [0, 0.05) is 5.56 Å². The Morgan fingerprint density at radius 2 is 1.68 bits per heavy atom. The minimum absolute atomic E-state index is 0.0980. The fraction of sp³-hybridized carbons (Fsp3) is 0.238. The Balaban J connectivity index is 1.83. The quantitative estimate of drug-likeness (QED) is 0.768. The molecule has 4 nitrogen and oxygen atoms in total. The first-order valence-electron chi connectivity index (χ1n) is 8.42. The Morgan fingerprint density at radius 1 is 1.00 bits per heavy atom. The molecule has 1 heterocycles. The van der Waals surface area contributed by atoms with E-state index in [-0.39, 0.29) is 5.91 Å². The molecule has 0 aliphatic carbocycles. The second-order valence-corrected chi connectivity index (χ2v) is 6.46. The molecule has 0 saturated heterocycles. The van der Waals surface area contributed by atoms with Crippen LogP contribution in [0.4, 0.5) is 5.69 Å². The number of nitrogens with one attached hydrogen (secondary N) is 1. The second-order valence-electron chi connectivity index (χ2n) is 6.46. The van der Waals surface area contributed by atoms with Crippen LogP contribution in [0.1, 0.15) is 38.4 Å². The molecule has 0 aliphatic heterocycles. The second kappa shape index (κ2) is 6.93. The van der Waals surface area contributed by atoms with Crippen LogP contribution in [0.5, 0.6) is 0 Å². The molecule has 0 spiro atoms. The van der Waals surface area contributed by atoms with Crippen molar-refractivity contribution in [2.24, 2.45) is 0 Å². The number of hydrogen-bond acceptors (Lipinski definition) is 2. The van der Waals surface area contributed by atoms with Crippen LogP contribution >= 0.6 is 0 Å². The third kappa shape index (κ3) is 3.63. The van der Waals surface area contributed by atoms with Crippen LogP contribution in [0.3, 0.4) is 0 Å². The Hall–Kier alpha value is -2.88. The average molecular weight is 333 g/mol. The summed E-state index contributed by atoms with van der Waals surface area (Å²) in [6, 6.07) is 16.0. The van der Waals surface area contributed by atoms with E-state index in [0.717, 1.165) is 22.6 Å². The number of aromatic nitrogens is 2. The molecule has 0 radical (unpaired) electrons. The summed E-state index contributed by atoms with van der Waals surface area (Å²) in [4.78, 5) is 12.6. The predicted octanol–water partition coefficient (Wildman–Crippen LogP) is 4.42. The predicted molar refractivity (Wildman–Crippen MR) is 101 cm³/mol. The first-order chi connectivity index (χ1) is 12.0. The van der Waals surface area contributed by atoms with Crippen LogP contribution in [-0.2, 0) is 6.54 Å². The monoisotopic (exact) mass is 333 g/mol. The zero-order chi connectivity index (χ0) is 18.0. The summed E-state index contributed by atoms with van der Waals surface area (Å²) in [5, 5.41) is 7.63. The lowest BCUT2D eigenvalue weighted by Crippen LogP contribution is -2.14. The topological polar surface area (TPSA) is 46.9 Å². The Labute approximate surface area is 148 Å². The Bertz CT molecular complexity index is 907. The molecule has 0 aliphatic rings. The number of nitrogens with zero attached hydrogens (tertiary/aromatic N) is 2.